The summed E-state index contributed by atoms with van der Waals surface area (Å²) < 4.78 is -0.0628. The highest BCUT2D eigenvalue weighted by atomic mass is 16.5. The number of fused-ring (bicyclic) bond motifs is 1. The maximum atomic E-state index is 12.9. The minimum Gasteiger partial charge on any atom is -0.633 e. The third-order valence-corrected chi connectivity index (χ3v) is 6.32. The Hall–Kier alpha value is -1.06. The van der Waals surface area contributed by atoms with E-state index in [1.54, 1.807) is 6.07 Å². The highest BCUT2D eigenvalue weighted by Crippen LogP contribution is 2.57. The first kappa shape index (κ1) is 12.7. The minimum atomic E-state index is -0.0628. The number of rotatable bonds is 0. The maximum absolute atomic E-state index is 12.9. The number of hydroxylamine groups is 3. The van der Waals surface area contributed by atoms with Gasteiger partial charge in [0.05, 0.1) is 19.6 Å². The van der Waals surface area contributed by atoms with Crippen molar-refractivity contribution in [1.29, 1.82) is 0 Å². The third-order valence-electron chi connectivity index (χ3n) is 6.32. The number of quaternary nitrogens is 1. The highest BCUT2D eigenvalue weighted by molar-refractivity contribution is 5.44. The Balaban J connectivity index is 1.92. The zero-order chi connectivity index (χ0) is 14.0. The number of benzene rings is 1. The van der Waals surface area contributed by atoms with Crippen LogP contribution in [-0.2, 0) is 11.8 Å². The summed E-state index contributed by atoms with van der Waals surface area (Å²) in [4.78, 5) is 0. The van der Waals surface area contributed by atoms with E-state index >= 15 is 0 Å². The molecule has 2 aliphatic carbocycles. The Labute approximate surface area is 120 Å². The molecule has 3 heteroatoms. The van der Waals surface area contributed by atoms with Gasteiger partial charge in [-0.25, -0.2) is 0 Å². The van der Waals surface area contributed by atoms with Gasteiger partial charge >= 0.3 is 0 Å². The van der Waals surface area contributed by atoms with Gasteiger partial charge in [-0.2, -0.15) is 0 Å². The standard InChI is InChI=1S/C17H23NO2/c1-18(20)9-8-17-7-3-2-4-14(17)16(18)10-12-5-6-13(19)11-15(12)17/h5-6,11,14,16,19H,2-4,7-10H2,1H3/t14-,16+,17+,18?/m0/s1. The SMILES string of the molecule is C[N+]1([O-])CC[C@]23CCCC[C@H]2[C@H]1Cc1ccc(O)cc13. The fourth-order valence-electron chi connectivity index (χ4n) is 5.34. The van der Waals surface area contributed by atoms with Crippen molar-refractivity contribution in [3.05, 3.63) is 34.5 Å². The van der Waals surface area contributed by atoms with Gasteiger partial charge in [-0.15, -0.1) is 0 Å². The number of nitrogens with zero attached hydrogens (tertiary/aromatic N) is 1. The molecule has 0 spiro atoms. The van der Waals surface area contributed by atoms with Crippen LogP contribution in [0.4, 0.5) is 0 Å². The molecule has 1 unspecified atom stereocenters. The second-order valence-corrected chi connectivity index (χ2v) is 7.27. The van der Waals surface area contributed by atoms with E-state index in [0.717, 1.165) is 19.4 Å². The molecule has 4 rings (SSSR count). The van der Waals surface area contributed by atoms with Crippen molar-refractivity contribution in [2.45, 2.75) is 50.0 Å². The molecule has 20 heavy (non-hydrogen) atoms. The molecule has 1 N–H and O–H groups in total. The Morgan fingerprint density at radius 2 is 2.15 bits per heavy atom. The molecule has 0 aromatic heterocycles. The van der Waals surface area contributed by atoms with Gasteiger partial charge in [0.25, 0.3) is 0 Å². The molecule has 1 saturated heterocycles. The molecule has 2 fully saturated rings. The van der Waals surface area contributed by atoms with Gasteiger partial charge in [-0.05, 0) is 36.1 Å². The number of phenolic OH excluding ortho intramolecular Hbond substituents is 1. The van der Waals surface area contributed by atoms with E-state index in [-0.39, 0.29) is 16.1 Å². The summed E-state index contributed by atoms with van der Waals surface area (Å²) in [5.74, 6) is 0.896. The van der Waals surface area contributed by atoms with E-state index in [2.05, 4.69) is 6.07 Å². The lowest BCUT2D eigenvalue weighted by atomic mass is 9.52. The summed E-state index contributed by atoms with van der Waals surface area (Å²) in [6.45, 7) is 0.732. The fourth-order valence-corrected chi connectivity index (χ4v) is 5.34. The van der Waals surface area contributed by atoms with Crippen molar-refractivity contribution < 1.29 is 9.75 Å². The fraction of sp³-hybridized carbons (Fsp3) is 0.647. The van der Waals surface area contributed by atoms with Crippen LogP contribution < -0.4 is 0 Å². The first-order chi connectivity index (χ1) is 9.53. The maximum Gasteiger partial charge on any atom is 0.115 e. The second kappa shape index (κ2) is 3.99. The Morgan fingerprint density at radius 3 is 3.00 bits per heavy atom. The average Bonchev–Trinajstić information content (AvgIpc) is 2.44. The van der Waals surface area contributed by atoms with E-state index in [1.807, 2.05) is 13.1 Å². The van der Waals surface area contributed by atoms with E-state index in [0.29, 0.717) is 11.7 Å². The first-order valence-electron chi connectivity index (χ1n) is 7.92. The van der Waals surface area contributed by atoms with Crippen molar-refractivity contribution >= 4 is 0 Å². The first-order valence-corrected chi connectivity index (χ1v) is 7.92. The van der Waals surface area contributed by atoms with Crippen molar-refractivity contribution in [3.8, 4) is 5.75 Å². The topological polar surface area (TPSA) is 43.3 Å². The minimum absolute atomic E-state index is 0.0628. The van der Waals surface area contributed by atoms with E-state index in [9.17, 15) is 10.3 Å². The molecule has 1 aromatic rings. The highest BCUT2D eigenvalue weighted by Gasteiger charge is 2.57. The number of hydrogen-bond donors (Lipinski definition) is 1. The van der Waals surface area contributed by atoms with Crippen LogP contribution in [0.3, 0.4) is 0 Å². The van der Waals surface area contributed by atoms with Crippen molar-refractivity contribution in [2.75, 3.05) is 13.6 Å². The van der Waals surface area contributed by atoms with Crippen LogP contribution in [0, 0.1) is 11.1 Å². The molecule has 1 saturated carbocycles. The molecule has 0 amide bonds. The largest absolute Gasteiger partial charge is 0.633 e. The van der Waals surface area contributed by atoms with Gasteiger partial charge in [-0.1, -0.05) is 18.9 Å². The van der Waals surface area contributed by atoms with Gasteiger partial charge < -0.3 is 15.0 Å². The molecule has 108 valence electrons. The van der Waals surface area contributed by atoms with E-state index in [1.165, 1.54) is 36.8 Å². The number of piperidine rings is 1. The van der Waals surface area contributed by atoms with Crippen LogP contribution in [0.2, 0.25) is 0 Å². The molecule has 0 radical (unpaired) electrons. The summed E-state index contributed by atoms with van der Waals surface area (Å²) in [5, 5.41) is 22.8. The van der Waals surface area contributed by atoms with Crippen molar-refractivity contribution in [3.63, 3.8) is 0 Å². The Bertz CT molecular complexity index is 554. The normalized spacial score (nSPS) is 42.7. The molecule has 3 nitrogen and oxygen atoms in total. The summed E-state index contributed by atoms with van der Waals surface area (Å²) in [5.41, 5.74) is 2.85. The lowest BCUT2D eigenvalue weighted by Crippen LogP contribution is -2.66. The average molecular weight is 273 g/mol. The Morgan fingerprint density at radius 1 is 1.30 bits per heavy atom. The summed E-state index contributed by atoms with van der Waals surface area (Å²) in [7, 11) is 1.87. The number of hydrogen-bond acceptors (Lipinski definition) is 2. The van der Waals surface area contributed by atoms with Crippen molar-refractivity contribution in [1.82, 2.24) is 0 Å². The molecule has 1 aliphatic heterocycles. The molecule has 3 aliphatic rings. The molecular formula is C17H23NO2. The van der Waals surface area contributed by atoms with Gasteiger partial charge in [0.2, 0.25) is 0 Å². The molecular weight excluding hydrogens is 250 g/mol. The smallest absolute Gasteiger partial charge is 0.115 e. The van der Waals surface area contributed by atoms with Gasteiger partial charge in [-0.3, -0.25) is 0 Å². The zero-order valence-electron chi connectivity index (χ0n) is 12.1. The predicted molar refractivity (Wildman–Crippen MR) is 78.3 cm³/mol. The lowest BCUT2D eigenvalue weighted by Gasteiger charge is -2.63. The van der Waals surface area contributed by atoms with Crippen LogP contribution in [0.1, 0.15) is 43.2 Å². The van der Waals surface area contributed by atoms with Crippen LogP contribution in [0.15, 0.2) is 18.2 Å². The molecule has 1 heterocycles. The zero-order valence-corrected chi connectivity index (χ0v) is 12.1. The number of phenols is 1. The molecule has 2 bridgehead atoms. The quantitative estimate of drug-likeness (QED) is 0.583. The summed E-state index contributed by atoms with van der Waals surface area (Å²) >= 11 is 0. The van der Waals surface area contributed by atoms with Gasteiger partial charge in [0, 0.05) is 24.2 Å². The van der Waals surface area contributed by atoms with Crippen LogP contribution in [0.25, 0.3) is 0 Å². The number of likely N-dealkylation sites (tertiary alicyclic amines) is 1. The summed E-state index contributed by atoms with van der Waals surface area (Å²) in [6, 6.07) is 6.05. The van der Waals surface area contributed by atoms with Crippen LogP contribution in [0.5, 0.6) is 5.75 Å². The van der Waals surface area contributed by atoms with Crippen molar-refractivity contribution in [2.24, 2.45) is 5.92 Å². The second-order valence-electron chi connectivity index (χ2n) is 7.27. The lowest BCUT2D eigenvalue weighted by molar-refractivity contribution is -0.899. The van der Waals surface area contributed by atoms with E-state index < -0.39 is 0 Å². The van der Waals surface area contributed by atoms with Gasteiger partial charge in [0.1, 0.15) is 5.75 Å². The van der Waals surface area contributed by atoms with Crippen LogP contribution in [-0.4, -0.2) is 29.4 Å². The third kappa shape index (κ3) is 1.54. The molecule has 4 atom stereocenters. The van der Waals surface area contributed by atoms with Crippen LogP contribution >= 0.6 is 0 Å². The number of aromatic hydroxyl groups is 1. The van der Waals surface area contributed by atoms with E-state index in [4.69, 9.17) is 0 Å². The van der Waals surface area contributed by atoms with Gasteiger partial charge in [0.15, 0.2) is 0 Å². The Kier molecular flexibility index (Phi) is 2.52. The predicted octanol–water partition coefficient (Wildman–Crippen LogP) is 3.09. The summed E-state index contributed by atoms with van der Waals surface area (Å²) in [6.07, 6.45) is 6.80. The number of likely N-dealkylation sites (N-methyl/N-ethyl adjacent to an activating group) is 1. The molecule has 1 aromatic carbocycles. The monoisotopic (exact) mass is 273 g/mol.